The highest BCUT2D eigenvalue weighted by Gasteiger charge is 2.35. The van der Waals surface area contributed by atoms with Crippen molar-refractivity contribution in [2.45, 2.75) is 37.5 Å². The van der Waals surface area contributed by atoms with Crippen LogP contribution >= 0.6 is 0 Å². The minimum absolute atomic E-state index is 0.00369. The van der Waals surface area contributed by atoms with E-state index in [1.807, 2.05) is 13.1 Å². The highest BCUT2D eigenvalue weighted by Crippen LogP contribution is 2.40. The average molecular weight is 403 g/mol. The normalized spacial score (nSPS) is 21.8. The number of fused-ring (bicyclic) bond motifs is 1. The van der Waals surface area contributed by atoms with Crippen molar-refractivity contribution in [2.75, 3.05) is 59.8 Å². The molecular weight excluding hydrogens is 368 g/mol. The molecule has 0 atom stereocenters. The smallest absolute Gasteiger partial charge is 0.231 e. The van der Waals surface area contributed by atoms with Gasteiger partial charge in [0.2, 0.25) is 6.79 Å². The molecule has 0 radical (unpaired) electrons. The number of nitrogens with one attached hydrogen (secondary N) is 2. The number of hydrogen-bond donors (Lipinski definition) is 2. The first-order chi connectivity index (χ1) is 14.3. The molecule has 2 fully saturated rings. The highest BCUT2D eigenvalue weighted by molar-refractivity contribution is 5.79. The molecular formula is C22H34N4O3. The number of nitrogens with zero attached hydrogens (tertiary/aromatic N) is 2. The van der Waals surface area contributed by atoms with Crippen LogP contribution in [-0.2, 0) is 10.2 Å². The molecule has 0 bridgehead atoms. The van der Waals surface area contributed by atoms with E-state index in [2.05, 4.69) is 32.7 Å². The van der Waals surface area contributed by atoms with E-state index >= 15 is 0 Å². The Bertz CT molecular complexity index is 697. The van der Waals surface area contributed by atoms with Crippen molar-refractivity contribution in [1.82, 2.24) is 15.5 Å². The standard InChI is InChI=1S/C22H34N4O3/c1-23-21(24-9-12-26-10-3-2-4-11-26)25-16-22(7-13-27-14-8-22)18-5-6-19-20(15-18)29-17-28-19/h5-6,15H,2-4,7-14,16-17H2,1H3,(H2,23,24,25). The minimum atomic E-state index is 0.00369. The highest BCUT2D eigenvalue weighted by atomic mass is 16.7. The second kappa shape index (κ2) is 9.67. The summed E-state index contributed by atoms with van der Waals surface area (Å²) >= 11 is 0. The van der Waals surface area contributed by atoms with Gasteiger partial charge in [-0.15, -0.1) is 0 Å². The zero-order valence-corrected chi connectivity index (χ0v) is 17.5. The van der Waals surface area contributed by atoms with Gasteiger partial charge in [0, 0.05) is 45.3 Å². The summed E-state index contributed by atoms with van der Waals surface area (Å²) in [6, 6.07) is 6.34. The number of hydrogen-bond acceptors (Lipinski definition) is 5. The minimum Gasteiger partial charge on any atom is -0.454 e. The lowest BCUT2D eigenvalue weighted by Crippen LogP contribution is -2.49. The number of likely N-dealkylation sites (tertiary alicyclic amines) is 1. The number of benzene rings is 1. The topological polar surface area (TPSA) is 67.4 Å². The fourth-order valence-corrected chi connectivity index (χ4v) is 4.55. The summed E-state index contributed by atoms with van der Waals surface area (Å²) in [7, 11) is 1.84. The van der Waals surface area contributed by atoms with E-state index in [1.165, 1.54) is 37.9 Å². The van der Waals surface area contributed by atoms with Crippen molar-refractivity contribution in [2.24, 2.45) is 4.99 Å². The Morgan fingerprint density at radius 3 is 2.66 bits per heavy atom. The summed E-state index contributed by atoms with van der Waals surface area (Å²) < 4.78 is 16.8. The van der Waals surface area contributed by atoms with Crippen molar-refractivity contribution in [3.05, 3.63) is 23.8 Å². The molecule has 1 aromatic carbocycles. The van der Waals surface area contributed by atoms with E-state index in [0.717, 1.165) is 63.1 Å². The van der Waals surface area contributed by atoms with E-state index in [1.54, 1.807) is 0 Å². The van der Waals surface area contributed by atoms with Crippen LogP contribution < -0.4 is 20.1 Å². The van der Waals surface area contributed by atoms with Crippen molar-refractivity contribution < 1.29 is 14.2 Å². The molecule has 3 aliphatic rings. The second-order valence-corrected chi connectivity index (χ2v) is 8.22. The molecule has 3 aliphatic heterocycles. The molecule has 0 amide bonds. The van der Waals surface area contributed by atoms with Gasteiger partial charge < -0.3 is 29.7 Å². The summed E-state index contributed by atoms with van der Waals surface area (Å²) in [5, 5.41) is 7.06. The monoisotopic (exact) mass is 402 g/mol. The van der Waals surface area contributed by atoms with Gasteiger partial charge in [0.05, 0.1) is 0 Å². The first-order valence-electron chi connectivity index (χ1n) is 10.9. The summed E-state index contributed by atoms with van der Waals surface area (Å²) in [5.74, 6) is 2.55. The average Bonchev–Trinajstić information content (AvgIpc) is 3.25. The van der Waals surface area contributed by atoms with Gasteiger partial charge in [-0.05, 0) is 56.5 Å². The summed E-state index contributed by atoms with van der Waals surface area (Å²) in [5.41, 5.74) is 1.28. The third-order valence-electron chi connectivity index (χ3n) is 6.42. The molecule has 0 aromatic heterocycles. The lowest BCUT2D eigenvalue weighted by atomic mass is 9.74. The van der Waals surface area contributed by atoms with Gasteiger partial charge in [0.1, 0.15) is 0 Å². The van der Waals surface area contributed by atoms with Crippen molar-refractivity contribution >= 4 is 5.96 Å². The zero-order chi connectivity index (χ0) is 19.9. The molecule has 0 saturated carbocycles. The molecule has 1 aromatic rings. The van der Waals surface area contributed by atoms with Gasteiger partial charge in [-0.3, -0.25) is 4.99 Å². The number of piperidine rings is 1. The lowest BCUT2D eigenvalue weighted by Gasteiger charge is -2.38. The molecule has 7 heteroatoms. The maximum absolute atomic E-state index is 5.67. The van der Waals surface area contributed by atoms with E-state index in [0.29, 0.717) is 6.79 Å². The van der Waals surface area contributed by atoms with Gasteiger partial charge in [-0.2, -0.15) is 0 Å². The Balaban J connectivity index is 1.36. The molecule has 2 N–H and O–H groups in total. The largest absolute Gasteiger partial charge is 0.454 e. The van der Waals surface area contributed by atoms with Gasteiger partial charge in [0.25, 0.3) is 0 Å². The quantitative estimate of drug-likeness (QED) is 0.561. The van der Waals surface area contributed by atoms with Crippen LogP contribution in [0.25, 0.3) is 0 Å². The third-order valence-corrected chi connectivity index (χ3v) is 6.42. The van der Waals surface area contributed by atoms with E-state index in [9.17, 15) is 0 Å². The predicted molar refractivity (Wildman–Crippen MR) is 114 cm³/mol. The Labute approximate surface area is 173 Å². The molecule has 0 aliphatic carbocycles. The molecule has 4 rings (SSSR count). The molecule has 160 valence electrons. The van der Waals surface area contributed by atoms with Gasteiger partial charge in [0.15, 0.2) is 17.5 Å². The number of rotatable bonds is 6. The molecule has 0 unspecified atom stereocenters. The Kier molecular flexibility index (Phi) is 6.77. The van der Waals surface area contributed by atoms with E-state index in [4.69, 9.17) is 14.2 Å². The maximum Gasteiger partial charge on any atom is 0.231 e. The second-order valence-electron chi connectivity index (χ2n) is 8.22. The van der Waals surface area contributed by atoms with E-state index in [-0.39, 0.29) is 5.41 Å². The number of ether oxygens (including phenoxy) is 3. The molecule has 7 nitrogen and oxygen atoms in total. The lowest BCUT2D eigenvalue weighted by molar-refractivity contribution is 0.0513. The predicted octanol–water partition coefficient (Wildman–Crippen LogP) is 2.11. The number of aliphatic imine (C=N–C) groups is 1. The SMILES string of the molecule is CN=C(NCCN1CCCCC1)NCC1(c2ccc3c(c2)OCO3)CCOCC1. The molecule has 3 heterocycles. The van der Waals surface area contributed by atoms with Crippen LogP contribution in [0.2, 0.25) is 0 Å². The van der Waals surface area contributed by atoms with Crippen molar-refractivity contribution in [3.8, 4) is 11.5 Å². The van der Waals surface area contributed by atoms with Crippen LogP contribution in [0.3, 0.4) is 0 Å². The molecule has 29 heavy (non-hydrogen) atoms. The van der Waals surface area contributed by atoms with Crippen molar-refractivity contribution in [3.63, 3.8) is 0 Å². The van der Waals surface area contributed by atoms with Gasteiger partial charge in [-0.1, -0.05) is 12.5 Å². The third kappa shape index (κ3) is 4.95. The van der Waals surface area contributed by atoms with Crippen LogP contribution in [0.5, 0.6) is 11.5 Å². The first kappa shape index (κ1) is 20.3. The van der Waals surface area contributed by atoms with E-state index < -0.39 is 0 Å². The molecule has 0 spiro atoms. The van der Waals surface area contributed by atoms with Crippen LogP contribution in [0.15, 0.2) is 23.2 Å². The zero-order valence-electron chi connectivity index (χ0n) is 17.5. The Morgan fingerprint density at radius 2 is 1.86 bits per heavy atom. The maximum atomic E-state index is 5.67. The number of guanidine groups is 1. The van der Waals surface area contributed by atoms with Crippen LogP contribution in [0.1, 0.15) is 37.7 Å². The van der Waals surface area contributed by atoms with Crippen LogP contribution in [0, 0.1) is 0 Å². The molecule has 2 saturated heterocycles. The van der Waals surface area contributed by atoms with Crippen LogP contribution in [-0.4, -0.2) is 70.6 Å². The summed E-state index contributed by atoms with van der Waals surface area (Å²) in [4.78, 5) is 6.98. The van der Waals surface area contributed by atoms with Crippen molar-refractivity contribution in [1.29, 1.82) is 0 Å². The fourth-order valence-electron chi connectivity index (χ4n) is 4.55. The van der Waals surface area contributed by atoms with Gasteiger partial charge >= 0.3 is 0 Å². The summed E-state index contributed by atoms with van der Waals surface area (Å²) in [6.07, 6.45) is 5.98. The van der Waals surface area contributed by atoms with Crippen LogP contribution in [0.4, 0.5) is 0 Å². The Hall–Kier alpha value is -1.99. The fraction of sp³-hybridized carbons (Fsp3) is 0.682. The first-order valence-corrected chi connectivity index (χ1v) is 10.9. The summed E-state index contributed by atoms with van der Waals surface area (Å²) in [6.45, 7) is 7.11. The van der Waals surface area contributed by atoms with Gasteiger partial charge in [-0.25, -0.2) is 0 Å². The Morgan fingerprint density at radius 1 is 1.07 bits per heavy atom.